The van der Waals surface area contributed by atoms with Gasteiger partial charge in [-0.05, 0) is 32.4 Å². The molecule has 0 spiro atoms. The Morgan fingerprint density at radius 3 is 2.57 bits per heavy atom. The van der Waals surface area contributed by atoms with Gasteiger partial charge in [0.1, 0.15) is 11.3 Å². The SMILES string of the molecule is CCNC(=O)NC(=O)C(C)Oc1c(C)cccc1C(=O)O. The summed E-state index contributed by atoms with van der Waals surface area (Å²) in [5.74, 6) is -1.69. The summed E-state index contributed by atoms with van der Waals surface area (Å²) in [6.07, 6.45) is -1.01. The van der Waals surface area contributed by atoms with Gasteiger partial charge < -0.3 is 15.2 Å². The average molecular weight is 294 g/mol. The van der Waals surface area contributed by atoms with E-state index in [9.17, 15) is 14.4 Å². The van der Waals surface area contributed by atoms with E-state index >= 15 is 0 Å². The molecule has 7 nitrogen and oxygen atoms in total. The lowest BCUT2D eigenvalue weighted by molar-refractivity contribution is -0.126. The number of amides is 3. The molecule has 0 saturated carbocycles. The fourth-order valence-electron chi connectivity index (χ4n) is 1.63. The molecular formula is C14H18N2O5. The van der Waals surface area contributed by atoms with Crippen molar-refractivity contribution < 1.29 is 24.2 Å². The van der Waals surface area contributed by atoms with Gasteiger partial charge in [-0.15, -0.1) is 0 Å². The molecule has 1 atom stereocenters. The van der Waals surface area contributed by atoms with E-state index in [1.54, 1.807) is 26.0 Å². The Hall–Kier alpha value is -2.57. The number of hydrogen-bond donors (Lipinski definition) is 3. The van der Waals surface area contributed by atoms with E-state index in [1.165, 1.54) is 13.0 Å². The van der Waals surface area contributed by atoms with Crippen LogP contribution in [0.4, 0.5) is 4.79 Å². The van der Waals surface area contributed by atoms with E-state index in [4.69, 9.17) is 9.84 Å². The van der Waals surface area contributed by atoms with Crippen molar-refractivity contribution in [2.24, 2.45) is 0 Å². The predicted molar refractivity (Wildman–Crippen MR) is 75.4 cm³/mol. The fourth-order valence-corrected chi connectivity index (χ4v) is 1.63. The van der Waals surface area contributed by atoms with Gasteiger partial charge in [0, 0.05) is 6.54 Å². The van der Waals surface area contributed by atoms with E-state index in [0.29, 0.717) is 12.1 Å². The van der Waals surface area contributed by atoms with Crippen LogP contribution in [0.1, 0.15) is 29.8 Å². The molecule has 0 fully saturated rings. The normalized spacial score (nSPS) is 11.4. The molecule has 0 aliphatic carbocycles. The Morgan fingerprint density at radius 2 is 2.00 bits per heavy atom. The van der Waals surface area contributed by atoms with Gasteiger partial charge in [-0.2, -0.15) is 0 Å². The molecule has 0 radical (unpaired) electrons. The van der Waals surface area contributed by atoms with Crippen molar-refractivity contribution in [2.45, 2.75) is 26.9 Å². The number of nitrogens with one attached hydrogen (secondary N) is 2. The first-order chi connectivity index (χ1) is 9.86. The standard InChI is InChI=1S/C14H18N2O5/c1-4-15-14(20)16-12(17)9(3)21-11-8(2)6-5-7-10(11)13(18)19/h5-7,9H,4H2,1-3H3,(H,18,19)(H2,15,16,17,20). The zero-order chi connectivity index (χ0) is 16.0. The van der Waals surface area contributed by atoms with E-state index in [0.717, 1.165) is 0 Å². The van der Waals surface area contributed by atoms with Gasteiger partial charge in [-0.3, -0.25) is 10.1 Å². The molecule has 21 heavy (non-hydrogen) atoms. The molecule has 0 saturated heterocycles. The monoisotopic (exact) mass is 294 g/mol. The molecule has 0 heterocycles. The maximum Gasteiger partial charge on any atom is 0.339 e. The first-order valence-electron chi connectivity index (χ1n) is 6.45. The minimum Gasteiger partial charge on any atom is -0.480 e. The zero-order valence-electron chi connectivity index (χ0n) is 12.1. The van der Waals surface area contributed by atoms with Crippen LogP contribution in [-0.2, 0) is 4.79 Å². The number of rotatable bonds is 5. The van der Waals surface area contributed by atoms with Gasteiger partial charge in [0.05, 0.1) is 0 Å². The molecule has 1 rings (SSSR count). The molecule has 1 aromatic rings. The number of hydrogen-bond acceptors (Lipinski definition) is 4. The number of carbonyl (C=O) groups excluding carboxylic acids is 2. The van der Waals surface area contributed by atoms with Crippen molar-refractivity contribution in [3.05, 3.63) is 29.3 Å². The number of urea groups is 1. The Bertz CT molecular complexity index is 556. The van der Waals surface area contributed by atoms with Gasteiger partial charge in [0.25, 0.3) is 5.91 Å². The highest BCUT2D eigenvalue weighted by Crippen LogP contribution is 2.24. The molecule has 0 aliphatic heterocycles. The van der Waals surface area contributed by atoms with Crippen LogP contribution in [0, 0.1) is 6.92 Å². The first kappa shape index (κ1) is 16.5. The van der Waals surface area contributed by atoms with Gasteiger partial charge in [0.2, 0.25) is 0 Å². The minimum atomic E-state index is -1.15. The number of para-hydroxylation sites is 1. The number of imide groups is 1. The summed E-state index contributed by atoms with van der Waals surface area (Å²) in [5, 5.41) is 13.6. The zero-order valence-corrected chi connectivity index (χ0v) is 12.1. The van der Waals surface area contributed by atoms with Crippen LogP contribution in [0.25, 0.3) is 0 Å². The second kappa shape index (κ2) is 7.28. The molecular weight excluding hydrogens is 276 g/mol. The number of benzene rings is 1. The van der Waals surface area contributed by atoms with Crippen molar-refractivity contribution in [2.75, 3.05) is 6.54 Å². The molecule has 3 amide bonds. The molecule has 1 aromatic carbocycles. The quantitative estimate of drug-likeness (QED) is 0.759. The number of carboxylic acid groups (broad SMARTS) is 1. The van der Waals surface area contributed by atoms with E-state index in [1.807, 2.05) is 0 Å². The van der Waals surface area contributed by atoms with Crippen LogP contribution >= 0.6 is 0 Å². The second-order valence-electron chi connectivity index (χ2n) is 4.37. The van der Waals surface area contributed by atoms with Crippen molar-refractivity contribution in [1.82, 2.24) is 10.6 Å². The number of carbonyl (C=O) groups is 3. The van der Waals surface area contributed by atoms with Crippen LogP contribution in [0.2, 0.25) is 0 Å². The fraction of sp³-hybridized carbons (Fsp3) is 0.357. The van der Waals surface area contributed by atoms with Gasteiger partial charge >= 0.3 is 12.0 Å². The Kier molecular flexibility index (Phi) is 5.71. The second-order valence-corrected chi connectivity index (χ2v) is 4.37. The van der Waals surface area contributed by atoms with Crippen LogP contribution < -0.4 is 15.4 Å². The highest BCUT2D eigenvalue weighted by Gasteiger charge is 2.21. The third kappa shape index (κ3) is 4.48. The summed E-state index contributed by atoms with van der Waals surface area (Å²) >= 11 is 0. The largest absolute Gasteiger partial charge is 0.480 e. The number of carboxylic acids is 1. The molecule has 0 bridgehead atoms. The highest BCUT2D eigenvalue weighted by atomic mass is 16.5. The van der Waals surface area contributed by atoms with E-state index < -0.39 is 24.0 Å². The van der Waals surface area contributed by atoms with Crippen molar-refractivity contribution in [3.8, 4) is 5.75 Å². The van der Waals surface area contributed by atoms with Crippen LogP contribution in [0.5, 0.6) is 5.75 Å². The topological polar surface area (TPSA) is 105 Å². The van der Waals surface area contributed by atoms with Gasteiger partial charge in [-0.1, -0.05) is 12.1 Å². The highest BCUT2D eigenvalue weighted by molar-refractivity contribution is 5.97. The Morgan fingerprint density at radius 1 is 1.33 bits per heavy atom. The van der Waals surface area contributed by atoms with Crippen LogP contribution in [0.15, 0.2) is 18.2 Å². The molecule has 7 heteroatoms. The lowest BCUT2D eigenvalue weighted by Gasteiger charge is -2.17. The molecule has 3 N–H and O–H groups in total. The molecule has 114 valence electrons. The number of aryl methyl sites for hydroxylation is 1. The maximum absolute atomic E-state index is 11.8. The van der Waals surface area contributed by atoms with Crippen molar-refractivity contribution in [1.29, 1.82) is 0 Å². The van der Waals surface area contributed by atoms with Gasteiger partial charge in [-0.25, -0.2) is 9.59 Å². The maximum atomic E-state index is 11.8. The van der Waals surface area contributed by atoms with Gasteiger partial charge in [0.15, 0.2) is 6.10 Å². The minimum absolute atomic E-state index is 0.0346. The summed E-state index contributed by atoms with van der Waals surface area (Å²) in [6, 6.07) is 4.03. The summed E-state index contributed by atoms with van der Waals surface area (Å²) in [4.78, 5) is 34.2. The van der Waals surface area contributed by atoms with Crippen LogP contribution in [0.3, 0.4) is 0 Å². The number of ether oxygens (including phenoxy) is 1. The molecule has 0 aliphatic rings. The predicted octanol–water partition coefficient (Wildman–Crippen LogP) is 1.31. The molecule has 1 unspecified atom stereocenters. The Balaban J connectivity index is 2.84. The lowest BCUT2D eigenvalue weighted by Crippen LogP contribution is -2.45. The Labute approximate surface area is 122 Å². The number of aromatic carboxylic acids is 1. The van der Waals surface area contributed by atoms with Crippen molar-refractivity contribution in [3.63, 3.8) is 0 Å². The summed E-state index contributed by atoms with van der Waals surface area (Å²) in [7, 11) is 0. The van der Waals surface area contributed by atoms with Crippen LogP contribution in [-0.4, -0.2) is 35.7 Å². The third-order valence-corrected chi connectivity index (χ3v) is 2.68. The lowest BCUT2D eigenvalue weighted by atomic mass is 10.1. The van der Waals surface area contributed by atoms with E-state index in [-0.39, 0.29) is 11.3 Å². The third-order valence-electron chi connectivity index (χ3n) is 2.68. The molecule has 0 aromatic heterocycles. The van der Waals surface area contributed by atoms with Crippen molar-refractivity contribution >= 4 is 17.9 Å². The van der Waals surface area contributed by atoms with E-state index in [2.05, 4.69) is 10.6 Å². The first-order valence-corrected chi connectivity index (χ1v) is 6.45. The average Bonchev–Trinajstić information content (AvgIpc) is 2.40. The summed E-state index contributed by atoms with van der Waals surface area (Å²) in [5.41, 5.74) is 0.556. The summed E-state index contributed by atoms with van der Waals surface area (Å²) < 4.78 is 5.41. The summed E-state index contributed by atoms with van der Waals surface area (Å²) in [6.45, 7) is 5.22. The smallest absolute Gasteiger partial charge is 0.339 e.